The van der Waals surface area contributed by atoms with Gasteiger partial charge in [0.05, 0.1) is 12.5 Å². The molecule has 0 saturated carbocycles. The molecule has 3 rings (SSSR count). The van der Waals surface area contributed by atoms with Crippen molar-refractivity contribution in [2.75, 3.05) is 25.0 Å². The maximum Gasteiger partial charge on any atom is 0.133 e. The van der Waals surface area contributed by atoms with Crippen molar-refractivity contribution in [2.24, 2.45) is 0 Å². The second kappa shape index (κ2) is 5.05. The van der Waals surface area contributed by atoms with Crippen molar-refractivity contribution in [3.8, 4) is 0 Å². The zero-order valence-corrected chi connectivity index (χ0v) is 11.5. The molecule has 0 saturated heterocycles. The molecule has 0 aromatic carbocycles. The minimum absolute atomic E-state index is 0.928. The van der Waals surface area contributed by atoms with Crippen LogP contribution in [0, 0.1) is 6.92 Å². The molecule has 19 heavy (non-hydrogen) atoms. The van der Waals surface area contributed by atoms with Gasteiger partial charge in [0.15, 0.2) is 0 Å². The molecule has 0 atom stereocenters. The average molecular weight is 257 g/mol. The van der Waals surface area contributed by atoms with E-state index in [9.17, 15) is 0 Å². The second-order valence-corrected chi connectivity index (χ2v) is 5.20. The van der Waals surface area contributed by atoms with Gasteiger partial charge in [0.1, 0.15) is 5.82 Å². The Hall–Kier alpha value is -1.81. The van der Waals surface area contributed by atoms with Crippen LogP contribution in [0.5, 0.6) is 0 Å². The number of anilines is 1. The van der Waals surface area contributed by atoms with Crippen LogP contribution >= 0.6 is 0 Å². The van der Waals surface area contributed by atoms with E-state index in [-0.39, 0.29) is 0 Å². The zero-order valence-electron chi connectivity index (χ0n) is 11.5. The highest BCUT2D eigenvalue weighted by Crippen LogP contribution is 2.23. The van der Waals surface area contributed by atoms with Crippen LogP contribution in [0.1, 0.15) is 16.8 Å². The topological polar surface area (TPSA) is 32.5 Å². The van der Waals surface area contributed by atoms with E-state index in [1.54, 1.807) is 6.26 Å². The van der Waals surface area contributed by atoms with Gasteiger partial charge in [-0.15, -0.1) is 0 Å². The van der Waals surface area contributed by atoms with E-state index < -0.39 is 0 Å². The van der Waals surface area contributed by atoms with E-state index in [0.717, 1.165) is 37.7 Å². The van der Waals surface area contributed by atoms with E-state index in [1.807, 2.05) is 19.3 Å². The summed E-state index contributed by atoms with van der Waals surface area (Å²) >= 11 is 0. The summed E-state index contributed by atoms with van der Waals surface area (Å²) in [7, 11) is 2.12. The Balaban J connectivity index is 1.83. The minimum atomic E-state index is 0.928. The molecule has 0 spiro atoms. The fourth-order valence-electron chi connectivity index (χ4n) is 2.52. The number of aromatic nitrogens is 1. The van der Waals surface area contributed by atoms with Gasteiger partial charge in [-0.05, 0) is 19.1 Å². The molecule has 4 heteroatoms. The lowest BCUT2D eigenvalue weighted by Gasteiger charge is -2.19. The summed E-state index contributed by atoms with van der Waals surface area (Å²) in [6, 6.07) is 6.32. The Morgan fingerprint density at radius 3 is 2.95 bits per heavy atom. The third-order valence-corrected chi connectivity index (χ3v) is 3.59. The van der Waals surface area contributed by atoms with Crippen molar-refractivity contribution >= 4 is 5.82 Å². The molecular weight excluding hydrogens is 238 g/mol. The molecular formula is C15H19N3O. The van der Waals surface area contributed by atoms with Crippen LogP contribution in [0.25, 0.3) is 0 Å². The van der Waals surface area contributed by atoms with Gasteiger partial charge in [-0.2, -0.15) is 0 Å². The van der Waals surface area contributed by atoms with Crippen molar-refractivity contribution < 1.29 is 4.42 Å². The highest BCUT2D eigenvalue weighted by Gasteiger charge is 2.19. The highest BCUT2D eigenvalue weighted by molar-refractivity contribution is 5.48. The Kier molecular flexibility index (Phi) is 3.25. The lowest BCUT2D eigenvalue weighted by atomic mass is 10.2. The van der Waals surface area contributed by atoms with E-state index in [1.165, 1.54) is 11.1 Å². The quantitative estimate of drug-likeness (QED) is 0.827. The van der Waals surface area contributed by atoms with E-state index in [0.29, 0.717) is 0 Å². The molecule has 2 aromatic heterocycles. The molecule has 0 bridgehead atoms. The first kappa shape index (κ1) is 12.2. The van der Waals surface area contributed by atoms with Crippen LogP contribution in [0.2, 0.25) is 0 Å². The summed E-state index contributed by atoms with van der Waals surface area (Å²) in [5.41, 5.74) is 3.61. The summed E-state index contributed by atoms with van der Waals surface area (Å²) in [5, 5.41) is 0. The van der Waals surface area contributed by atoms with Gasteiger partial charge < -0.3 is 9.32 Å². The van der Waals surface area contributed by atoms with Crippen LogP contribution in [0.3, 0.4) is 0 Å². The van der Waals surface area contributed by atoms with Crippen molar-refractivity contribution in [1.82, 2.24) is 9.88 Å². The number of hydrogen-bond donors (Lipinski definition) is 0. The van der Waals surface area contributed by atoms with Crippen LogP contribution in [0.15, 0.2) is 35.1 Å². The Bertz CT molecular complexity index is 551. The van der Waals surface area contributed by atoms with Crippen LogP contribution in [-0.4, -0.2) is 30.0 Å². The molecule has 1 aliphatic heterocycles. The van der Waals surface area contributed by atoms with Crippen molar-refractivity contribution in [1.29, 1.82) is 0 Å². The number of fused-ring (bicyclic) bond motifs is 1. The third kappa shape index (κ3) is 2.63. The fourth-order valence-corrected chi connectivity index (χ4v) is 2.52. The number of rotatable bonds is 2. The zero-order chi connectivity index (χ0) is 13.2. The third-order valence-electron chi connectivity index (χ3n) is 3.59. The van der Waals surface area contributed by atoms with Crippen LogP contribution in [0.4, 0.5) is 5.82 Å². The van der Waals surface area contributed by atoms with Crippen molar-refractivity contribution in [2.45, 2.75) is 20.0 Å². The van der Waals surface area contributed by atoms with Crippen LogP contribution in [-0.2, 0) is 13.1 Å². The average Bonchev–Trinajstić information content (AvgIpc) is 2.85. The molecule has 2 aromatic rings. The number of furan rings is 1. The smallest absolute Gasteiger partial charge is 0.133 e. The maximum atomic E-state index is 5.14. The molecule has 3 heterocycles. The summed E-state index contributed by atoms with van der Waals surface area (Å²) < 4.78 is 5.14. The van der Waals surface area contributed by atoms with Gasteiger partial charge in [0.2, 0.25) is 0 Å². The van der Waals surface area contributed by atoms with E-state index in [2.05, 4.69) is 34.0 Å². The Labute approximate surface area is 113 Å². The Morgan fingerprint density at radius 1 is 1.26 bits per heavy atom. The predicted octanol–water partition coefficient (Wildman–Crippen LogP) is 2.44. The number of pyridine rings is 1. The van der Waals surface area contributed by atoms with Gasteiger partial charge >= 0.3 is 0 Å². The van der Waals surface area contributed by atoms with Crippen molar-refractivity contribution in [3.63, 3.8) is 0 Å². The number of aryl methyl sites for hydroxylation is 1. The molecule has 100 valence electrons. The summed E-state index contributed by atoms with van der Waals surface area (Å²) in [6.45, 7) is 5.95. The number of hydrogen-bond acceptors (Lipinski definition) is 4. The van der Waals surface area contributed by atoms with Gasteiger partial charge in [-0.25, -0.2) is 4.98 Å². The summed E-state index contributed by atoms with van der Waals surface area (Å²) in [6.07, 6.45) is 3.56. The molecule has 0 aliphatic carbocycles. The fraction of sp³-hybridized carbons (Fsp3) is 0.400. The predicted molar refractivity (Wildman–Crippen MR) is 75.1 cm³/mol. The first-order chi connectivity index (χ1) is 9.22. The number of likely N-dealkylation sites (N-methyl/N-ethyl adjacent to an activating group) is 1. The molecule has 0 fully saturated rings. The SMILES string of the molecule is Cc1ccc2c(n1)N(C)CCN(Cc1ccoc1)C2. The first-order valence-electron chi connectivity index (χ1n) is 6.63. The second-order valence-electron chi connectivity index (χ2n) is 5.20. The van der Waals surface area contributed by atoms with Crippen LogP contribution < -0.4 is 4.90 Å². The van der Waals surface area contributed by atoms with Gasteiger partial charge in [-0.3, -0.25) is 4.90 Å². The minimum Gasteiger partial charge on any atom is -0.472 e. The summed E-state index contributed by atoms with van der Waals surface area (Å²) in [5.74, 6) is 1.12. The lowest BCUT2D eigenvalue weighted by Crippen LogP contribution is -2.28. The Morgan fingerprint density at radius 2 is 2.16 bits per heavy atom. The van der Waals surface area contributed by atoms with Gasteiger partial charge in [0, 0.05) is 50.0 Å². The number of nitrogens with zero attached hydrogens (tertiary/aromatic N) is 3. The van der Waals surface area contributed by atoms with E-state index >= 15 is 0 Å². The molecule has 0 unspecified atom stereocenters. The molecule has 0 N–H and O–H groups in total. The van der Waals surface area contributed by atoms with Gasteiger partial charge in [0.25, 0.3) is 0 Å². The standard InChI is InChI=1S/C15H19N3O/c1-12-3-4-14-10-18(9-13-5-8-19-11-13)7-6-17(2)15(14)16-12/h3-5,8,11H,6-7,9-10H2,1-2H3. The molecule has 1 aliphatic rings. The lowest BCUT2D eigenvalue weighted by molar-refractivity contribution is 0.268. The summed E-state index contributed by atoms with van der Waals surface area (Å²) in [4.78, 5) is 9.35. The normalized spacial score (nSPS) is 16.2. The monoisotopic (exact) mass is 257 g/mol. The molecule has 4 nitrogen and oxygen atoms in total. The van der Waals surface area contributed by atoms with E-state index in [4.69, 9.17) is 4.42 Å². The first-order valence-corrected chi connectivity index (χ1v) is 6.63. The van der Waals surface area contributed by atoms with Crippen molar-refractivity contribution in [3.05, 3.63) is 47.5 Å². The molecule has 0 radical (unpaired) electrons. The highest BCUT2D eigenvalue weighted by atomic mass is 16.3. The maximum absolute atomic E-state index is 5.14. The van der Waals surface area contributed by atoms with Gasteiger partial charge in [-0.1, -0.05) is 6.07 Å². The molecule has 0 amide bonds. The largest absolute Gasteiger partial charge is 0.472 e.